The molecule has 0 radical (unpaired) electrons. The summed E-state index contributed by atoms with van der Waals surface area (Å²) in [6, 6.07) is 7.55. The second-order valence-corrected chi connectivity index (χ2v) is 5.92. The Balaban J connectivity index is 1.86. The summed E-state index contributed by atoms with van der Waals surface area (Å²) in [6.07, 6.45) is 0.985. The van der Waals surface area contributed by atoms with Crippen molar-refractivity contribution in [1.82, 2.24) is 5.32 Å². The molecule has 2 amide bonds. The van der Waals surface area contributed by atoms with Crippen LogP contribution in [0, 0.1) is 6.92 Å². The molecule has 2 rings (SSSR count). The van der Waals surface area contributed by atoms with E-state index in [1.165, 1.54) is 0 Å². The SMILES string of the molecule is CO[C@]1(CNC(=O)Nc2ccccc2C)CCSC1. The topological polar surface area (TPSA) is 50.4 Å². The number of thioether (sulfide) groups is 1. The predicted molar refractivity (Wildman–Crippen MR) is 79.9 cm³/mol. The summed E-state index contributed by atoms with van der Waals surface area (Å²) in [5.74, 6) is 2.03. The Morgan fingerprint density at radius 2 is 2.26 bits per heavy atom. The summed E-state index contributed by atoms with van der Waals surface area (Å²) in [4.78, 5) is 11.9. The lowest BCUT2D eigenvalue weighted by Crippen LogP contribution is -2.45. The van der Waals surface area contributed by atoms with Gasteiger partial charge in [0.2, 0.25) is 0 Å². The van der Waals surface area contributed by atoms with Crippen LogP contribution in [0.1, 0.15) is 12.0 Å². The number of methoxy groups -OCH3 is 1. The molecule has 104 valence electrons. The van der Waals surface area contributed by atoms with Gasteiger partial charge >= 0.3 is 6.03 Å². The third-order valence-electron chi connectivity index (χ3n) is 3.46. The minimum atomic E-state index is -0.201. The van der Waals surface area contributed by atoms with Gasteiger partial charge in [0.05, 0.1) is 5.60 Å². The van der Waals surface area contributed by atoms with Gasteiger partial charge in [-0.05, 0) is 30.7 Å². The number of nitrogens with one attached hydrogen (secondary N) is 2. The van der Waals surface area contributed by atoms with E-state index in [4.69, 9.17) is 4.74 Å². The molecular formula is C14H20N2O2S. The standard InChI is InChI=1S/C14H20N2O2S/c1-11-5-3-4-6-12(11)16-13(17)15-9-14(18-2)7-8-19-10-14/h3-6H,7-10H2,1-2H3,(H2,15,16,17)/t14-/m0/s1. The van der Waals surface area contributed by atoms with E-state index >= 15 is 0 Å². The van der Waals surface area contributed by atoms with Crippen LogP contribution in [0.4, 0.5) is 10.5 Å². The van der Waals surface area contributed by atoms with E-state index in [1.807, 2.05) is 43.0 Å². The van der Waals surface area contributed by atoms with Gasteiger partial charge in [-0.1, -0.05) is 18.2 Å². The van der Waals surface area contributed by atoms with E-state index in [9.17, 15) is 4.79 Å². The molecular weight excluding hydrogens is 260 g/mol. The number of rotatable bonds is 4. The van der Waals surface area contributed by atoms with Crippen molar-refractivity contribution < 1.29 is 9.53 Å². The van der Waals surface area contributed by atoms with E-state index in [1.54, 1.807) is 7.11 Å². The normalized spacial score (nSPS) is 22.2. The van der Waals surface area contributed by atoms with E-state index in [-0.39, 0.29) is 11.6 Å². The van der Waals surface area contributed by atoms with Crippen molar-refractivity contribution in [3.05, 3.63) is 29.8 Å². The van der Waals surface area contributed by atoms with Crippen molar-refractivity contribution in [1.29, 1.82) is 0 Å². The molecule has 2 N–H and O–H groups in total. The van der Waals surface area contributed by atoms with Crippen molar-refractivity contribution in [2.24, 2.45) is 0 Å². The zero-order valence-electron chi connectivity index (χ0n) is 11.4. The molecule has 1 heterocycles. The lowest BCUT2D eigenvalue weighted by molar-refractivity contribution is 0.0161. The summed E-state index contributed by atoms with van der Waals surface area (Å²) in [5, 5.41) is 5.77. The number of carbonyl (C=O) groups is 1. The van der Waals surface area contributed by atoms with Crippen molar-refractivity contribution in [2.45, 2.75) is 18.9 Å². The van der Waals surface area contributed by atoms with Crippen LogP contribution >= 0.6 is 11.8 Å². The molecule has 1 aliphatic heterocycles. The van der Waals surface area contributed by atoms with Crippen LogP contribution in [0.2, 0.25) is 0 Å². The second kappa shape index (κ2) is 6.30. The molecule has 0 aliphatic carbocycles. The van der Waals surface area contributed by atoms with Crippen molar-refractivity contribution in [2.75, 3.05) is 30.5 Å². The van der Waals surface area contributed by atoms with Crippen LogP contribution in [-0.2, 0) is 4.74 Å². The maximum absolute atomic E-state index is 11.9. The molecule has 19 heavy (non-hydrogen) atoms. The van der Waals surface area contributed by atoms with Gasteiger partial charge in [-0.25, -0.2) is 4.79 Å². The summed E-state index contributed by atoms with van der Waals surface area (Å²) < 4.78 is 5.56. The van der Waals surface area contributed by atoms with Gasteiger partial charge in [0.15, 0.2) is 0 Å². The first-order valence-electron chi connectivity index (χ1n) is 6.39. The number of carbonyl (C=O) groups excluding carboxylic acids is 1. The van der Waals surface area contributed by atoms with Crippen LogP contribution < -0.4 is 10.6 Å². The zero-order chi connectivity index (χ0) is 13.7. The van der Waals surface area contributed by atoms with Crippen molar-refractivity contribution in [3.63, 3.8) is 0 Å². The number of ether oxygens (including phenoxy) is 1. The quantitative estimate of drug-likeness (QED) is 0.891. The van der Waals surface area contributed by atoms with Crippen LogP contribution in [0.5, 0.6) is 0 Å². The largest absolute Gasteiger partial charge is 0.376 e. The van der Waals surface area contributed by atoms with Crippen LogP contribution in [0.25, 0.3) is 0 Å². The monoisotopic (exact) mass is 280 g/mol. The average molecular weight is 280 g/mol. The van der Waals surface area contributed by atoms with Crippen LogP contribution in [0.15, 0.2) is 24.3 Å². The van der Waals surface area contributed by atoms with Crippen molar-refractivity contribution in [3.8, 4) is 0 Å². The van der Waals surface area contributed by atoms with Gasteiger partial charge in [-0.15, -0.1) is 0 Å². The molecule has 1 saturated heterocycles. The highest BCUT2D eigenvalue weighted by molar-refractivity contribution is 7.99. The summed E-state index contributed by atoms with van der Waals surface area (Å²) in [5.41, 5.74) is 1.69. The summed E-state index contributed by atoms with van der Waals surface area (Å²) >= 11 is 1.87. The third-order valence-corrected chi connectivity index (χ3v) is 4.69. The van der Waals surface area contributed by atoms with Gasteiger partial charge in [-0.2, -0.15) is 11.8 Å². The Labute approximate surface area is 118 Å². The number of anilines is 1. The van der Waals surface area contributed by atoms with Gasteiger partial charge in [0, 0.05) is 25.1 Å². The lowest BCUT2D eigenvalue weighted by atomic mass is 10.0. The van der Waals surface area contributed by atoms with E-state index < -0.39 is 0 Å². The lowest BCUT2D eigenvalue weighted by Gasteiger charge is -2.26. The van der Waals surface area contributed by atoms with E-state index in [0.29, 0.717) is 6.54 Å². The Morgan fingerprint density at radius 1 is 1.47 bits per heavy atom. The predicted octanol–water partition coefficient (Wildman–Crippen LogP) is 2.64. The minimum Gasteiger partial charge on any atom is -0.376 e. The average Bonchev–Trinajstić information content (AvgIpc) is 2.89. The first kappa shape index (κ1) is 14.2. The molecule has 1 aromatic rings. The summed E-state index contributed by atoms with van der Waals surface area (Å²) in [7, 11) is 1.72. The number of urea groups is 1. The number of hydrogen-bond donors (Lipinski definition) is 2. The molecule has 1 atom stereocenters. The number of aryl methyl sites for hydroxylation is 1. The Morgan fingerprint density at radius 3 is 2.89 bits per heavy atom. The van der Waals surface area contributed by atoms with Gasteiger partial charge in [-0.3, -0.25) is 0 Å². The molecule has 0 saturated carbocycles. The molecule has 1 fully saturated rings. The Kier molecular flexibility index (Phi) is 4.71. The molecule has 0 bridgehead atoms. The van der Waals surface area contributed by atoms with Crippen molar-refractivity contribution >= 4 is 23.5 Å². The molecule has 5 heteroatoms. The highest BCUT2D eigenvalue weighted by Gasteiger charge is 2.34. The van der Waals surface area contributed by atoms with Crippen LogP contribution in [0.3, 0.4) is 0 Å². The molecule has 0 unspecified atom stereocenters. The number of para-hydroxylation sites is 1. The number of benzene rings is 1. The van der Waals surface area contributed by atoms with E-state index in [2.05, 4.69) is 10.6 Å². The second-order valence-electron chi connectivity index (χ2n) is 4.81. The number of amides is 2. The number of hydrogen-bond acceptors (Lipinski definition) is 3. The fourth-order valence-electron chi connectivity index (χ4n) is 2.08. The third kappa shape index (κ3) is 3.64. The van der Waals surface area contributed by atoms with Gasteiger partial charge in [0.25, 0.3) is 0 Å². The fourth-order valence-corrected chi connectivity index (χ4v) is 3.48. The van der Waals surface area contributed by atoms with Crippen LogP contribution in [-0.4, -0.2) is 36.8 Å². The van der Waals surface area contributed by atoms with Gasteiger partial charge in [0.1, 0.15) is 0 Å². The Bertz CT molecular complexity index is 445. The minimum absolute atomic E-state index is 0.178. The molecule has 1 aromatic carbocycles. The molecule has 0 spiro atoms. The maximum atomic E-state index is 11.9. The molecule has 1 aliphatic rings. The highest BCUT2D eigenvalue weighted by atomic mass is 32.2. The zero-order valence-corrected chi connectivity index (χ0v) is 12.2. The Hall–Kier alpha value is -1.20. The van der Waals surface area contributed by atoms with E-state index in [0.717, 1.165) is 29.2 Å². The first-order valence-corrected chi connectivity index (χ1v) is 7.54. The summed E-state index contributed by atoms with van der Waals surface area (Å²) in [6.45, 7) is 2.52. The smallest absolute Gasteiger partial charge is 0.319 e. The highest BCUT2D eigenvalue weighted by Crippen LogP contribution is 2.30. The van der Waals surface area contributed by atoms with Gasteiger partial charge < -0.3 is 15.4 Å². The fraction of sp³-hybridized carbons (Fsp3) is 0.500. The first-order chi connectivity index (χ1) is 9.15. The molecule has 4 nitrogen and oxygen atoms in total. The molecule has 0 aromatic heterocycles. The maximum Gasteiger partial charge on any atom is 0.319 e.